The molecule has 0 amide bonds. The third-order valence-corrected chi connectivity index (χ3v) is 4.13. The summed E-state index contributed by atoms with van der Waals surface area (Å²) in [6, 6.07) is 6.80. The minimum atomic E-state index is -0.802. The van der Waals surface area contributed by atoms with Crippen molar-refractivity contribution in [3.63, 3.8) is 0 Å². The minimum absolute atomic E-state index is 0.00891. The van der Waals surface area contributed by atoms with Gasteiger partial charge in [0.1, 0.15) is 28.2 Å². The fraction of sp³-hybridized carbons (Fsp3) is 0.150. The van der Waals surface area contributed by atoms with Crippen LogP contribution >= 0.6 is 0 Å². The summed E-state index contributed by atoms with van der Waals surface area (Å²) in [4.78, 5) is 12.6. The average molecular weight is 354 g/mol. The van der Waals surface area contributed by atoms with Gasteiger partial charge in [0.2, 0.25) is 11.2 Å². The largest absolute Gasteiger partial charge is 0.508 e. The predicted octanol–water partition coefficient (Wildman–Crippen LogP) is 3.79. The molecule has 0 aliphatic rings. The lowest BCUT2D eigenvalue weighted by Gasteiger charge is -2.12. The first-order chi connectivity index (χ1) is 12.3. The smallest absolute Gasteiger partial charge is 0.238 e. The van der Waals surface area contributed by atoms with E-state index in [1.807, 2.05) is 6.92 Å². The van der Waals surface area contributed by atoms with Crippen LogP contribution in [0, 0.1) is 0 Å². The maximum absolute atomic E-state index is 12.6. The molecule has 0 fully saturated rings. The van der Waals surface area contributed by atoms with E-state index < -0.39 is 16.9 Å². The number of hydrogen-bond acceptors (Lipinski definition) is 6. The second-order valence-electron chi connectivity index (χ2n) is 6.21. The monoisotopic (exact) mass is 354 g/mol. The molecule has 134 valence electrons. The van der Waals surface area contributed by atoms with E-state index in [9.17, 15) is 25.2 Å². The van der Waals surface area contributed by atoms with Crippen LogP contribution in [0.25, 0.3) is 22.3 Å². The van der Waals surface area contributed by atoms with Gasteiger partial charge in [-0.2, -0.15) is 0 Å². The second-order valence-corrected chi connectivity index (χ2v) is 6.21. The van der Waals surface area contributed by atoms with Crippen LogP contribution in [0.3, 0.4) is 0 Å². The van der Waals surface area contributed by atoms with Crippen molar-refractivity contribution >= 4 is 11.0 Å². The summed E-state index contributed by atoms with van der Waals surface area (Å²) in [5.41, 5.74) is 0.800. The molecular weight excluding hydrogens is 336 g/mol. The van der Waals surface area contributed by atoms with Crippen LogP contribution in [0.5, 0.6) is 23.0 Å². The first kappa shape index (κ1) is 17.4. The Morgan fingerprint density at radius 3 is 2.35 bits per heavy atom. The lowest BCUT2D eigenvalue weighted by molar-refractivity contribution is 0.434. The molecule has 0 atom stereocenters. The number of aromatic hydroxyl groups is 4. The highest BCUT2D eigenvalue weighted by atomic mass is 16.4. The summed E-state index contributed by atoms with van der Waals surface area (Å²) in [7, 11) is 0. The number of benzene rings is 2. The third kappa shape index (κ3) is 2.97. The van der Waals surface area contributed by atoms with Crippen LogP contribution in [0.2, 0.25) is 0 Å². The van der Waals surface area contributed by atoms with Crippen molar-refractivity contribution in [2.75, 3.05) is 0 Å². The fourth-order valence-corrected chi connectivity index (χ4v) is 2.76. The minimum Gasteiger partial charge on any atom is -0.508 e. The zero-order valence-electron chi connectivity index (χ0n) is 14.1. The molecule has 6 nitrogen and oxygen atoms in total. The summed E-state index contributed by atoms with van der Waals surface area (Å²) in [6.07, 6.45) is 0.896. The van der Waals surface area contributed by atoms with Crippen molar-refractivity contribution < 1.29 is 24.8 Å². The van der Waals surface area contributed by atoms with Gasteiger partial charge in [-0.05, 0) is 44.0 Å². The Labute approximate surface area is 148 Å². The van der Waals surface area contributed by atoms with Gasteiger partial charge in [0, 0.05) is 17.2 Å². The van der Waals surface area contributed by atoms with Crippen molar-refractivity contribution in [1.29, 1.82) is 0 Å². The quantitative estimate of drug-likeness (QED) is 0.531. The van der Waals surface area contributed by atoms with Gasteiger partial charge in [-0.25, -0.2) is 0 Å². The van der Waals surface area contributed by atoms with Crippen molar-refractivity contribution in [2.24, 2.45) is 0 Å². The van der Waals surface area contributed by atoms with Gasteiger partial charge in [0.25, 0.3) is 0 Å². The van der Waals surface area contributed by atoms with Crippen LogP contribution in [-0.4, -0.2) is 20.4 Å². The van der Waals surface area contributed by atoms with Crippen molar-refractivity contribution in [1.82, 2.24) is 0 Å². The van der Waals surface area contributed by atoms with Crippen LogP contribution in [-0.2, 0) is 6.42 Å². The molecule has 0 bridgehead atoms. The summed E-state index contributed by atoms with van der Waals surface area (Å²) in [5, 5.41) is 39.8. The van der Waals surface area contributed by atoms with E-state index in [0.717, 1.165) is 11.6 Å². The number of phenolic OH excluding ortho intramolecular Hbond substituents is 3. The van der Waals surface area contributed by atoms with E-state index in [1.165, 1.54) is 24.3 Å². The van der Waals surface area contributed by atoms with E-state index in [4.69, 9.17) is 4.42 Å². The first-order valence-corrected chi connectivity index (χ1v) is 7.97. The summed E-state index contributed by atoms with van der Waals surface area (Å²) in [5.74, 6) is -1.42. The Kier molecular flexibility index (Phi) is 4.34. The Morgan fingerprint density at radius 1 is 1.08 bits per heavy atom. The van der Waals surface area contributed by atoms with Crippen LogP contribution in [0.4, 0.5) is 0 Å². The second kappa shape index (κ2) is 6.48. The third-order valence-electron chi connectivity index (χ3n) is 4.13. The normalized spacial score (nSPS) is 11.0. The van der Waals surface area contributed by atoms with Gasteiger partial charge in [0.15, 0.2) is 5.76 Å². The number of aryl methyl sites for hydroxylation is 1. The Balaban J connectivity index is 2.34. The topological polar surface area (TPSA) is 111 Å². The molecule has 2 aromatic carbocycles. The van der Waals surface area contributed by atoms with Gasteiger partial charge in [-0.15, -0.1) is 6.58 Å². The van der Waals surface area contributed by atoms with E-state index in [0.29, 0.717) is 24.0 Å². The summed E-state index contributed by atoms with van der Waals surface area (Å²) in [6.45, 7) is 5.65. The van der Waals surface area contributed by atoms with E-state index in [2.05, 4.69) is 6.58 Å². The van der Waals surface area contributed by atoms with Crippen molar-refractivity contribution in [2.45, 2.75) is 19.8 Å². The highest BCUT2D eigenvalue weighted by molar-refractivity contribution is 5.91. The Morgan fingerprint density at radius 2 is 1.73 bits per heavy atom. The molecule has 0 aliphatic carbocycles. The molecule has 0 radical (unpaired) electrons. The van der Waals surface area contributed by atoms with E-state index >= 15 is 0 Å². The standard InChI is InChI=1S/C20H18O6/c1-10(2)3-8-13-14(22)9-15(23)16-17(24)18(25)19(26-20(13)16)11-4-6-12(21)7-5-11/h4-7,9,21-23,25H,1,3,8H2,2H3. The molecule has 0 spiro atoms. The van der Waals surface area contributed by atoms with Crippen molar-refractivity contribution in [3.05, 3.63) is 58.3 Å². The van der Waals surface area contributed by atoms with Gasteiger partial charge in [-0.3, -0.25) is 4.79 Å². The van der Waals surface area contributed by atoms with Gasteiger partial charge < -0.3 is 24.8 Å². The molecule has 0 unspecified atom stereocenters. The first-order valence-electron chi connectivity index (χ1n) is 7.97. The van der Waals surface area contributed by atoms with Crippen LogP contribution < -0.4 is 5.43 Å². The summed E-state index contributed by atoms with van der Waals surface area (Å²) >= 11 is 0. The zero-order valence-corrected chi connectivity index (χ0v) is 14.1. The SMILES string of the molecule is C=C(C)CCc1c(O)cc(O)c2c(=O)c(O)c(-c3ccc(O)cc3)oc12. The molecule has 3 rings (SSSR count). The Hall–Kier alpha value is -3.41. The number of allylic oxidation sites excluding steroid dienone is 1. The number of fused-ring (bicyclic) bond motifs is 1. The summed E-state index contributed by atoms with van der Waals surface area (Å²) < 4.78 is 5.74. The lowest BCUT2D eigenvalue weighted by atomic mass is 10.0. The molecule has 0 saturated carbocycles. The number of phenols is 3. The van der Waals surface area contributed by atoms with E-state index in [-0.39, 0.29) is 28.2 Å². The van der Waals surface area contributed by atoms with Crippen LogP contribution in [0.15, 0.2) is 51.7 Å². The average Bonchev–Trinajstić information content (AvgIpc) is 2.57. The molecule has 1 aromatic heterocycles. The number of hydrogen-bond donors (Lipinski definition) is 4. The molecular formula is C20H18O6. The van der Waals surface area contributed by atoms with Gasteiger partial charge >= 0.3 is 0 Å². The Bertz CT molecular complexity index is 1060. The molecule has 6 heteroatoms. The van der Waals surface area contributed by atoms with Gasteiger partial charge in [0.05, 0.1) is 0 Å². The van der Waals surface area contributed by atoms with E-state index in [1.54, 1.807) is 0 Å². The predicted molar refractivity (Wildman–Crippen MR) is 97.7 cm³/mol. The molecule has 3 aromatic rings. The zero-order chi connectivity index (χ0) is 19.0. The fourth-order valence-electron chi connectivity index (χ4n) is 2.76. The molecule has 26 heavy (non-hydrogen) atoms. The maximum Gasteiger partial charge on any atom is 0.238 e. The molecule has 0 aliphatic heterocycles. The van der Waals surface area contributed by atoms with Crippen LogP contribution in [0.1, 0.15) is 18.9 Å². The highest BCUT2D eigenvalue weighted by Crippen LogP contribution is 2.39. The lowest BCUT2D eigenvalue weighted by Crippen LogP contribution is -2.05. The highest BCUT2D eigenvalue weighted by Gasteiger charge is 2.22. The van der Waals surface area contributed by atoms with Crippen molar-refractivity contribution in [3.8, 4) is 34.3 Å². The number of rotatable bonds is 4. The maximum atomic E-state index is 12.6. The molecule has 0 saturated heterocycles. The van der Waals surface area contributed by atoms with Gasteiger partial charge in [-0.1, -0.05) is 5.57 Å². The molecule has 1 heterocycles. The molecule has 4 N–H and O–H groups in total.